The van der Waals surface area contributed by atoms with Crippen LogP contribution in [0.2, 0.25) is 0 Å². The number of anilines is 2. The average Bonchev–Trinajstić information content (AvgIpc) is 2.31. The van der Waals surface area contributed by atoms with E-state index < -0.39 is 5.03 Å². The topological polar surface area (TPSA) is 46.4 Å². The van der Waals surface area contributed by atoms with Crippen LogP contribution >= 0.6 is 12.4 Å². The second-order valence-electron chi connectivity index (χ2n) is 3.22. The first-order valence-electron chi connectivity index (χ1n) is 4.83. The highest BCUT2D eigenvalue weighted by molar-refractivity contribution is 5.85. The molecule has 0 fully saturated rings. The van der Waals surface area contributed by atoms with E-state index in [2.05, 4.69) is 0 Å². The van der Waals surface area contributed by atoms with Crippen LogP contribution in [0.5, 0.6) is 0 Å². The van der Waals surface area contributed by atoms with Crippen LogP contribution in [-0.4, -0.2) is 5.03 Å². The van der Waals surface area contributed by atoms with Crippen molar-refractivity contribution in [3.8, 4) is 0 Å². The Morgan fingerprint density at radius 2 is 1.18 bits per heavy atom. The van der Waals surface area contributed by atoms with Crippen LogP contribution in [0, 0.1) is 10.1 Å². The molecule has 0 unspecified atom stereocenters. The Bertz CT molecular complexity index is 437. The summed E-state index contributed by atoms with van der Waals surface area (Å²) in [6.45, 7) is 0. The van der Waals surface area contributed by atoms with Crippen LogP contribution in [0.4, 0.5) is 11.4 Å². The van der Waals surface area contributed by atoms with Gasteiger partial charge in [0.1, 0.15) is 11.4 Å². The Kier molecular flexibility index (Phi) is 4.48. The van der Waals surface area contributed by atoms with E-state index in [0.29, 0.717) is 11.4 Å². The first kappa shape index (κ1) is 13.0. The van der Waals surface area contributed by atoms with Gasteiger partial charge in [-0.15, -0.1) is 12.4 Å². The molecule has 2 rings (SSSR count). The standard InChI is InChI=1S/C12H10N2O2.ClH/c15-14(16)13(11-7-3-1-4-8-11)12-9-5-2-6-10-12;/h1-10H;1H. The summed E-state index contributed by atoms with van der Waals surface area (Å²) in [5, 5.41) is 11.7. The molecule has 5 heteroatoms. The highest BCUT2D eigenvalue weighted by Gasteiger charge is 2.18. The molecule has 0 atom stereocenters. The van der Waals surface area contributed by atoms with Crippen molar-refractivity contribution in [3.05, 3.63) is 70.8 Å². The fourth-order valence-corrected chi connectivity index (χ4v) is 1.48. The van der Waals surface area contributed by atoms with Gasteiger partial charge in [0.25, 0.3) is 0 Å². The molecule has 0 aliphatic heterocycles. The molecule has 0 amide bonds. The van der Waals surface area contributed by atoms with Gasteiger partial charge in [-0.1, -0.05) is 41.4 Å². The fraction of sp³-hybridized carbons (Fsp3) is 0. The van der Waals surface area contributed by atoms with E-state index in [9.17, 15) is 10.1 Å². The number of para-hydroxylation sites is 2. The zero-order valence-electron chi connectivity index (χ0n) is 8.89. The van der Waals surface area contributed by atoms with Crippen LogP contribution < -0.4 is 5.01 Å². The van der Waals surface area contributed by atoms with E-state index in [0.717, 1.165) is 5.01 Å². The van der Waals surface area contributed by atoms with Gasteiger partial charge in [-0.05, 0) is 24.3 Å². The normalized spacial score (nSPS) is 9.18. The van der Waals surface area contributed by atoms with Gasteiger partial charge in [-0.2, -0.15) is 0 Å². The molecule has 17 heavy (non-hydrogen) atoms. The molecule has 0 saturated carbocycles. The molecule has 0 heterocycles. The number of nitro groups is 1. The molecule has 0 radical (unpaired) electrons. The molecule has 0 N–H and O–H groups in total. The van der Waals surface area contributed by atoms with E-state index in [1.807, 2.05) is 12.1 Å². The molecule has 0 spiro atoms. The molecule has 2 aromatic carbocycles. The van der Waals surface area contributed by atoms with Gasteiger partial charge in [0.05, 0.1) is 0 Å². The molecule has 0 aliphatic carbocycles. The summed E-state index contributed by atoms with van der Waals surface area (Å²) in [6.07, 6.45) is 0. The molecule has 88 valence electrons. The predicted octanol–water partition coefficient (Wildman–Crippen LogP) is 3.44. The molecular weight excluding hydrogens is 240 g/mol. The smallest absolute Gasteiger partial charge is 0.170 e. The molecule has 0 saturated heterocycles. The van der Waals surface area contributed by atoms with Crippen molar-refractivity contribution in [2.45, 2.75) is 0 Å². The van der Waals surface area contributed by atoms with Crippen molar-refractivity contribution in [2.24, 2.45) is 0 Å². The van der Waals surface area contributed by atoms with Gasteiger partial charge in [-0.3, -0.25) is 0 Å². The quantitative estimate of drug-likeness (QED) is 0.619. The molecule has 0 aromatic heterocycles. The number of rotatable bonds is 3. The van der Waals surface area contributed by atoms with Gasteiger partial charge < -0.3 is 0 Å². The van der Waals surface area contributed by atoms with Crippen LogP contribution in [-0.2, 0) is 0 Å². The first-order chi connectivity index (χ1) is 7.79. The Labute approximate surface area is 105 Å². The lowest BCUT2D eigenvalue weighted by Gasteiger charge is -2.13. The van der Waals surface area contributed by atoms with Gasteiger partial charge >= 0.3 is 0 Å². The summed E-state index contributed by atoms with van der Waals surface area (Å²) in [4.78, 5) is 11.0. The monoisotopic (exact) mass is 250 g/mol. The lowest BCUT2D eigenvalue weighted by atomic mass is 10.2. The number of hydrazine groups is 1. The lowest BCUT2D eigenvalue weighted by Crippen LogP contribution is -2.23. The minimum absolute atomic E-state index is 0. The van der Waals surface area contributed by atoms with Crippen LogP contribution in [0.15, 0.2) is 60.7 Å². The third kappa shape index (κ3) is 2.95. The summed E-state index contributed by atoms with van der Waals surface area (Å²) in [6, 6.07) is 17.6. The van der Waals surface area contributed by atoms with Crippen molar-refractivity contribution in [3.63, 3.8) is 0 Å². The Morgan fingerprint density at radius 3 is 1.47 bits per heavy atom. The second kappa shape index (κ2) is 5.86. The van der Waals surface area contributed by atoms with E-state index >= 15 is 0 Å². The first-order valence-corrected chi connectivity index (χ1v) is 4.83. The van der Waals surface area contributed by atoms with E-state index in [4.69, 9.17) is 0 Å². The van der Waals surface area contributed by atoms with Crippen LogP contribution in [0.1, 0.15) is 0 Å². The number of benzene rings is 2. The summed E-state index contributed by atoms with van der Waals surface area (Å²) < 4.78 is 0. The van der Waals surface area contributed by atoms with Gasteiger partial charge in [0, 0.05) is 0 Å². The minimum atomic E-state index is -0.426. The molecule has 0 aliphatic rings. The van der Waals surface area contributed by atoms with Crippen molar-refractivity contribution >= 4 is 23.8 Å². The highest BCUT2D eigenvalue weighted by Crippen LogP contribution is 2.24. The average molecular weight is 251 g/mol. The Hall–Kier alpha value is -2.07. The summed E-state index contributed by atoms with van der Waals surface area (Å²) >= 11 is 0. The minimum Gasteiger partial charge on any atom is -0.234 e. The third-order valence-electron chi connectivity index (χ3n) is 2.16. The van der Waals surface area contributed by atoms with Gasteiger partial charge in [-0.25, -0.2) is 10.1 Å². The molecule has 2 aromatic rings. The van der Waals surface area contributed by atoms with Gasteiger partial charge in [0.15, 0.2) is 5.03 Å². The van der Waals surface area contributed by atoms with Crippen LogP contribution in [0.3, 0.4) is 0 Å². The summed E-state index contributed by atoms with van der Waals surface area (Å²) in [5.74, 6) is 0. The lowest BCUT2D eigenvalue weighted by molar-refractivity contribution is -0.483. The number of nitrogens with zero attached hydrogens (tertiary/aromatic N) is 2. The highest BCUT2D eigenvalue weighted by atomic mass is 35.5. The predicted molar refractivity (Wildman–Crippen MR) is 69.3 cm³/mol. The summed E-state index contributed by atoms with van der Waals surface area (Å²) in [7, 11) is 0. The molecular formula is C12H11ClN2O2. The maximum absolute atomic E-state index is 11.0. The molecule has 4 nitrogen and oxygen atoms in total. The Balaban J connectivity index is 0.00000144. The third-order valence-corrected chi connectivity index (χ3v) is 2.16. The van der Waals surface area contributed by atoms with E-state index in [1.54, 1.807) is 48.5 Å². The number of hydrogen-bond acceptors (Lipinski definition) is 2. The maximum Gasteiger partial charge on any atom is 0.170 e. The Morgan fingerprint density at radius 1 is 0.824 bits per heavy atom. The number of halogens is 1. The SMILES string of the molecule is Cl.O=[N+]([O-])N(c1ccccc1)c1ccccc1. The largest absolute Gasteiger partial charge is 0.234 e. The second-order valence-corrected chi connectivity index (χ2v) is 3.22. The molecule has 0 bridgehead atoms. The van der Waals surface area contributed by atoms with Crippen molar-refractivity contribution in [2.75, 3.05) is 5.01 Å². The van der Waals surface area contributed by atoms with E-state index in [1.165, 1.54) is 0 Å². The maximum atomic E-state index is 11.0. The summed E-state index contributed by atoms with van der Waals surface area (Å²) in [5.41, 5.74) is 1.08. The zero-order chi connectivity index (χ0) is 11.4. The van der Waals surface area contributed by atoms with Crippen molar-refractivity contribution < 1.29 is 5.03 Å². The van der Waals surface area contributed by atoms with E-state index in [-0.39, 0.29) is 12.4 Å². The van der Waals surface area contributed by atoms with Crippen molar-refractivity contribution in [1.82, 2.24) is 0 Å². The van der Waals surface area contributed by atoms with Crippen molar-refractivity contribution in [1.29, 1.82) is 0 Å². The zero-order valence-corrected chi connectivity index (χ0v) is 9.71. The fourth-order valence-electron chi connectivity index (χ4n) is 1.48. The van der Waals surface area contributed by atoms with Crippen LogP contribution in [0.25, 0.3) is 0 Å². The van der Waals surface area contributed by atoms with Gasteiger partial charge in [0.2, 0.25) is 0 Å². The number of hydrogen-bond donors (Lipinski definition) is 0.